The first-order valence-corrected chi connectivity index (χ1v) is 5.74. The molecule has 2 heteroatoms. The molecule has 84 valence electrons. The van der Waals surface area contributed by atoms with Gasteiger partial charge < -0.3 is 0 Å². The minimum atomic E-state index is 0.158. The van der Waals surface area contributed by atoms with Gasteiger partial charge in [0, 0.05) is 24.5 Å². The van der Waals surface area contributed by atoms with Crippen LogP contribution < -0.4 is 0 Å². The second-order valence-corrected chi connectivity index (χ2v) is 5.36. The van der Waals surface area contributed by atoms with Crippen molar-refractivity contribution in [1.82, 2.24) is 0 Å². The third-order valence-corrected chi connectivity index (χ3v) is 2.87. The monoisotopic (exact) mass is 215 g/mol. The first kappa shape index (κ1) is 11.1. The van der Waals surface area contributed by atoms with Gasteiger partial charge in [-0.05, 0) is 5.10 Å². The summed E-state index contributed by atoms with van der Waals surface area (Å²) in [4.78, 5) is 0. The maximum Gasteiger partial charge on any atom is 0.237 e. The molecule has 16 heavy (non-hydrogen) atoms. The maximum absolute atomic E-state index is 4.72. The minimum Gasteiger partial charge on any atom is -0.0618 e. The summed E-state index contributed by atoms with van der Waals surface area (Å²) in [7, 11) is 0. The molecule has 0 saturated carbocycles. The molecule has 0 bridgehead atoms. The van der Waals surface area contributed by atoms with E-state index in [1.807, 2.05) is 18.2 Å². The van der Waals surface area contributed by atoms with Gasteiger partial charge in [0.15, 0.2) is 5.71 Å². The zero-order chi connectivity index (χ0) is 11.8. The molecule has 0 radical (unpaired) electrons. The van der Waals surface area contributed by atoms with Crippen molar-refractivity contribution in [2.45, 2.75) is 34.1 Å². The van der Waals surface area contributed by atoms with E-state index >= 15 is 0 Å². The molecule has 1 aliphatic heterocycles. The fourth-order valence-corrected chi connectivity index (χ4v) is 1.82. The highest BCUT2D eigenvalue weighted by Crippen LogP contribution is 2.25. The molecule has 1 aliphatic rings. The Hall–Kier alpha value is -1.44. The molecule has 2 nitrogen and oxygen atoms in total. The quantitative estimate of drug-likeness (QED) is 0.636. The van der Waals surface area contributed by atoms with E-state index < -0.39 is 0 Å². The predicted octanol–water partition coefficient (Wildman–Crippen LogP) is 3.60. The highest BCUT2D eigenvalue weighted by atomic mass is 15.4. The van der Waals surface area contributed by atoms with Crippen LogP contribution in [0.3, 0.4) is 0 Å². The van der Waals surface area contributed by atoms with Gasteiger partial charge in [-0.1, -0.05) is 43.7 Å². The number of hydrogen-bond acceptors (Lipinski definition) is 1. The van der Waals surface area contributed by atoms with Crippen molar-refractivity contribution >= 4 is 17.1 Å². The van der Waals surface area contributed by atoms with Crippen molar-refractivity contribution in [3.05, 3.63) is 30.3 Å². The van der Waals surface area contributed by atoms with Crippen LogP contribution in [0, 0.1) is 5.41 Å². The molecular weight excluding hydrogens is 196 g/mol. The Kier molecular flexibility index (Phi) is 2.66. The van der Waals surface area contributed by atoms with Crippen LogP contribution in [0.4, 0.5) is 5.69 Å². The first-order valence-electron chi connectivity index (χ1n) is 5.74. The highest BCUT2D eigenvalue weighted by Gasteiger charge is 2.31. The average Bonchev–Trinajstić information content (AvgIpc) is 2.61. The van der Waals surface area contributed by atoms with Crippen molar-refractivity contribution in [3.63, 3.8) is 0 Å². The molecule has 2 rings (SSSR count). The Morgan fingerprint density at radius 2 is 1.75 bits per heavy atom. The van der Waals surface area contributed by atoms with Gasteiger partial charge in [0.25, 0.3) is 0 Å². The molecule has 0 spiro atoms. The topological polar surface area (TPSA) is 15.4 Å². The Labute approximate surface area is 97.3 Å². The molecule has 0 N–H and O–H groups in total. The predicted molar refractivity (Wildman–Crippen MR) is 68.6 cm³/mol. The summed E-state index contributed by atoms with van der Waals surface area (Å²) in [6.07, 6.45) is 0.985. The van der Waals surface area contributed by atoms with E-state index in [9.17, 15) is 0 Å². The molecular formula is C14H19N2+. The van der Waals surface area contributed by atoms with Gasteiger partial charge in [0.2, 0.25) is 5.69 Å². The number of para-hydroxylation sites is 1. The lowest BCUT2D eigenvalue weighted by Gasteiger charge is -2.14. The molecule has 0 aromatic heterocycles. The van der Waals surface area contributed by atoms with Gasteiger partial charge >= 0.3 is 0 Å². The molecule has 0 saturated heterocycles. The van der Waals surface area contributed by atoms with Gasteiger partial charge in [0.05, 0.1) is 6.42 Å². The SMILES string of the molecule is CC1=[N+](c2ccccc2)N=C(C(C)(C)C)C1. The van der Waals surface area contributed by atoms with Crippen molar-refractivity contribution in [2.75, 3.05) is 0 Å². The van der Waals surface area contributed by atoms with Gasteiger partial charge in [-0.15, -0.1) is 0 Å². The number of rotatable bonds is 1. The van der Waals surface area contributed by atoms with Crippen LogP contribution in [-0.2, 0) is 0 Å². The van der Waals surface area contributed by atoms with E-state index in [0.29, 0.717) is 0 Å². The normalized spacial score (nSPS) is 16.6. The van der Waals surface area contributed by atoms with Crippen molar-refractivity contribution in [1.29, 1.82) is 0 Å². The molecule has 1 aromatic rings. The summed E-state index contributed by atoms with van der Waals surface area (Å²) in [5.74, 6) is 0. The average molecular weight is 215 g/mol. The lowest BCUT2D eigenvalue weighted by atomic mass is 9.87. The summed E-state index contributed by atoms with van der Waals surface area (Å²) in [5.41, 5.74) is 3.87. The Bertz CT molecular complexity index is 447. The van der Waals surface area contributed by atoms with Crippen LogP contribution in [0.25, 0.3) is 0 Å². The number of hydrazone groups is 1. The largest absolute Gasteiger partial charge is 0.237 e. The first-order chi connectivity index (χ1) is 7.48. The van der Waals surface area contributed by atoms with Crippen molar-refractivity contribution in [2.24, 2.45) is 10.5 Å². The maximum atomic E-state index is 4.72. The summed E-state index contributed by atoms with van der Waals surface area (Å²) in [5, 5.41) is 4.72. The summed E-state index contributed by atoms with van der Waals surface area (Å²) in [6, 6.07) is 10.3. The highest BCUT2D eigenvalue weighted by molar-refractivity contribution is 6.06. The van der Waals surface area contributed by atoms with Crippen LogP contribution >= 0.6 is 0 Å². The fourth-order valence-electron chi connectivity index (χ4n) is 1.82. The van der Waals surface area contributed by atoms with Crippen molar-refractivity contribution in [3.8, 4) is 0 Å². The van der Waals surface area contributed by atoms with E-state index in [1.165, 1.54) is 11.4 Å². The van der Waals surface area contributed by atoms with Crippen LogP contribution in [0.5, 0.6) is 0 Å². The number of hydrogen-bond donors (Lipinski definition) is 0. The summed E-state index contributed by atoms with van der Waals surface area (Å²) >= 11 is 0. The summed E-state index contributed by atoms with van der Waals surface area (Å²) < 4.78 is 2.06. The molecule has 1 heterocycles. The minimum absolute atomic E-state index is 0.158. The van der Waals surface area contributed by atoms with E-state index in [2.05, 4.69) is 44.5 Å². The second kappa shape index (κ2) is 3.85. The standard InChI is InChI=1S/C14H19N2/c1-11-10-13(14(2,3)4)15-16(11)12-8-6-5-7-9-12/h5-9H,10H2,1-4H3/q+1. The van der Waals surface area contributed by atoms with E-state index in [1.54, 1.807) is 0 Å². The van der Waals surface area contributed by atoms with E-state index in [0.717, 1.165) is 12.1 Å². The third-order valence-electron chi connectivity index (χ3n) is 2.87. The zero-order valence-electron chi connectivity index (χ0n) is 10.5. The molecule has 0 atom stereocenters. The smallest absolute Gasteiger partial charge is 0.0618 e. The second-order valence-electron chi connectivity index (χ2n) is 5.36. The van der Waals surface area contributed by atoms with Gasteiger partial charge in [0.1, 0.15) is 5.71 Å². The van der Waals surface area contributed by atoms with Crippen LogP contribution in [0.1, 0.15) is 34.1 Å². The third kappa shape index (κ3) is 2.06. The molecule has 0 unspecified atom stereocenters. The van der Waals surface area contributed by atoms with E-state index in [4.69, 9.17) is 5.10 Å². The van der Waals surface area contributed by atoms with Crippen LogP contribution in [0.15, 0.2) is 35.4 Å². The molecule has 1 aromatic carbocycles. The Balaban J connectivity index is 2.36. The van der Waals surface area contributed by atoms with E-state index in [-0.39, 0.29) is 5.41 Å². The Morgan fingerprint density at radius 1 is 1.12 bits per heavy atom. The number of benzene rings is 1. The van der Waals surface area contributed by atoms with Crippen molar-refractivity contribution < 1.29 is 4.68 Å². The molecule has 0 fully saturated rings. The zero-order valence-corrected chi connectivity index (χ0v) is 10.5. The van der Waals surface area contributed by atoms with Crippen LogP contribution in [-0.4, -0.2) is 16.1 Å². The van der Waals surface area contributed by atoms with Gasteiger partial charge in [-0.25, -0.2) is 0 Å². The van der Waals surface area contributed by atoms with Gasteiger partial charge in [-0.3, -0.25) is 0 Å². The lowest BCUT2D eigenvalue weighted by Crippen LogP contribution is -2.19. The molecule has 0 amide bonds. The fraction of sp³-hybridized carbons (Fsp3) is 0.429. The van der Waals surface area contributed by atoms with Crippen LogP contribution in [0.2, 0.25) is 0 Å². The molecule has 0 aliphatic carbocycles. The lowest BCUT2D eigenvalue weighted by molar-refractivity contribution is -0.443. The van der Waals surface area contributed by atoms with Gasteiger partial charge in [-0.2, -0.15) is 0 Å². The Morgan fingerprint density at radius 3 is 2.25 bits per heavy atom. The number of nitrogens with zero attached hydrogens (tertiary/aromatic N) is 2. The summed E-state index contributed by atoms with van der Waals surface area (Å²) in [6.45, 7) is 8.80.